The van der Waals surface area contributed by atoms with Crippen LogP contribution < -0.4 is 33.2 Å². The molecule has 0 fully saturated rings. The number of phenols is 1. The molecule has 0 saturated heterocycles. The molecule has 172 valence electrons. The molecule has 0 aliphatic rings. The molecule has 0 aliphatic carbocycles. The van der Waals surface area contributed by atoms with Crippen LogP contribution >= 0.6 is 0 Å². The first kappa shape index (κ1) is 25.9. The van der Waals surface area contributed by atoms with Crippen LogP contribution in [0.3, 0.4) is 0 Å². The Hall–Kier alpha value is -3.18. The molecule has 4 amide bonds. The average Bonchev–Trinajstić information content (AvgIpc) is 2.70. The van der Waals surface area contributed by atoms with Crippen molar-refractivity contribution < 1.29 is 24.3 Å². The summed E-state index contributed by atoms with van der Waals surface area (Å²) in [6.45, 7) is 3.18. The van der Waals surface area contributed by atoms with Gasteiger partial charge >= 0.3 is 0 Å². The quantitative estimate of drug-likeness (QED) is 0.193. The lowest BCUT2D eigenvalue weighted by Crippen LogP contribution is -2.55. The van der Waals surface area contributed by atoms with E-state index in [0.29, 0.717) is 13.0 Å². The molecule has 1 aromatic carbocycles. The van der Waals surface area contributed by atoms with Crippen molar-refractivity contribution >= 4 is 23.6 Å². The van der Waals surface area contributed by atoms with E-state index in [1.165, 1.54) is 0 Å². The number of hydrogen-bond donors (Lipinski definition) is 7. The number of benzene rings is 1. The maximum absolute atomic E-state index is 13.0. The van der Waals surface area contributed by atoms with Crippen molar-refractivity contribution in [3.8, 4) is 5.75 Å². The highest BCUT2D eigenvalue weighted by molar-refractivity contribution is 5.93. The Morgan fingerprint density at radius 2 is 1.61 bits per heavy atom. The number of primary amides is 1. The van der Waals surface area contributed by atoms with Gasteiger partial charge in [0.15, 0.2) is 0 Å². The predicted octanol–water partition coefficient (Wildman–Crippen LogP) is -2.18. The van der Waals surface area contributed by atoms with Crippen molar-refractivity contribution in [1.29, 1.82) is 0 Å². The molecule has 2 atom stereocenters. The van der Waals surface area contributed by atoms with Crippen LogP contribution in [0.5, 0.6) is 5.75 Å². The molecule has 1 aromatic rings. The summed E-state index contributed by atoms with van der Waals surface area (Å²) in [5.74, 6) is -2.33. The lowest BCUT2D eigenvalue weighted by Gasteiger charge is -2.24. The molecule has 0 aliphatic heterocycles. The van der Waals surface area contributed by atoms with Crippen LogP contribution in [-0.4, -0.2) is 60.5 Å². The summed E-state index contributed by atoms with van der Waals surface area (Å²) in [7, 11) is 0. The van der Waals surface area contributed by atoms with Gasteiger partial charge in [-0.15, -0.1) is 0 Å². The second-order valence-corrected chi connectivity index (χ2v) is 7.26. The first-order valence-corrected chi connectivity index (χ1v) is 9.94. The topological polar surface area (TPSA) is 203 Å². The van der Waals surface area contributed by atoms with Gasteiger partial charge in [-0.2, -0.15) is 0 Å². The Balaban J connectivity index is 3.07. The first-order chi connectivity index (χ1) is 14.6. The zero-order valence-corrected chi connectivity index (χ0v) is 17.9. The summed E-state index contributed by atoms with van der Waals surface area (Å²) in [6.07, 6.45) is 0.814. The van der Waals surface area contributed by atoms with E-state index in [0.717, 1.165) is 16.7 Å². The summed E-state index contributed by atoms with van der Waals surface area (Å²) < 4.78 is 0. The second kappa shape index (κ2) is 12.5. The molecule has 10 N–H and O–H groups in total. The third-order valence-electron chi connectivity index (χ3n) is 4.69. The zero-order valence-electron chi connectivity index (χ0n) is 17.9. The molecule has 0 spiro atoms. The maximum atomic E-state index is 13.0. The molecular formula is C20H32N6O5. The summed E-state index contributed by atoms with van der Waals surface area (Å²) in [5.41, 5.74) is 18.2. The number of amides is 4. The summed E-state index contributed by atoms with van der Waals surface area (Å²) in [5, 5.41) is 17.3. The fourth-order valence-electron chi connectivity index (χ4n) is 3.12. The average molecular weight is 437 g/mol. The fourth-order valence-corrected chi connectivity index (χ4v) is 3.12. The monoisotopic (exact) mass is 436 g/mol. The number of rotatable bonds is 12. The lowest BCUT2D eigenvalue weighted by atomic mass is 9.95. The van der Waals surface area contributed by atoms with E-state index in [1.54, 1.807) is 26.0 Å². The molecule has 0 saturated carbocycles. The van der Waals surface area contributed by atoms with Gasteiger partial charge in [-0.3, -0.25) is 19.2 Å². The van der Waals surface area contributed by atoms with E-state index in [-0.39, 0.29) is 31.7 Å². The minimum Gasteiger partial charge on any atom is -0.508 e. The number of aromatic hydroxyl groups is 1. The summed E-state index contributed by atoms with van der Waals surface area (Å²) in [4.78, 5) is 48.2. The van der Waals surface area contributed by atoms with Crippen molar-refractivity contribution in [2.45, 2.75) is 45.2 Å². The highest BCUT2D eigenvalue weighted by atomic mass is 16.3. The van der Waals surface area contributed by atoms with Gasteiger partial charge in [0.2, 0.25) is 23.6 Å². The molecule has 11 nitrogen and oxygen atoms in total. The van der Waals surface area contributed by atoms with Crippen LogP contribution in [0.15, 0.2) is 12.1 Å². The molecule has 0 aromatic heterocycles. The normalized spacial score (nSPS) is 12.5. The summed E-state index contributed by atoms with van der Waals surface area (Å²) >= 11 is 0. The highest BCUT2D eigenvalue weighted by Crippen LogP contribution is 2.22. The third kappa shape index (κ3) is 8.60. The standard InChI is InChI=1S/C20H32N6O5/c1-11-6-13(27)7-12(2)14(11)8-16(25-18(29)9-22)20(31)26-15(4-3-5-21)19(30)24-10-17(23)28/h6-7,15-16,27H,3-5,8-10,21-22H2,1-2H3,(H2,23,28)(H,24,30)(H,25,29)(H,26,31)/t15?,16-/m0/s1. The van der Waals surface area contributed by atoms with E-state index in [1.807, 2.05) is 0 Å². The SMILES string of the molecule is Cc1cc(O)cc(C)c1C[C@H](NC(=O)CN)C(=O)NC(CCCN)C(=O)NCC(N)=O. The van der Waals surface area contributed by atoms with Crippen molar-refractivity contribution in [2.75, 3.05) is 19.6 Å². The number of carbonyl (C=O) groups is 4. The zero-order chi connectivity index (χ0) is 23.6. The van der Waals surface area contributed by atoms with Crippen LogP contribution in [0.2, 0.25) is 0 Å². The van der Waals surface area contributed by atoms with Gasteiger partial charge in [-0.1, -0.05) is 0 Å². The van der Waals surface area contributed by atoms with Gasteiger partial charge in [0, 0.05) is 6.42 Å². The number of hydrogen-bond acceptors (Lipinski definition) is 7. The van der Waals surface area contributed by atoms with E-state index >= 15 is 0 Å². The van der Waals surface area contributed by atoms with Gasteiger partial charge in [-0.05, 0) is 62.1 Å². The van der Waals surface area contributed by atoms with Gasteiger partial charge in [0.1, 0.15) is 17.8 Å². The van der Waals surface area contributed by atoms with Gasteiger partial charge in [0.05, 0.1) is 13.1 Å². The molecule has 0 heterocycles. The first-order valence-electron chi connectivity index (χ1n) is 9.94. The number of aryl methyl sites for hydroxylation is 2. The molecule has 0 radical (unpaired) electrons. The lowest BCUT2D eigenvalue weighted by molar-refractivity contribution is -0.132. The van der Waals surface area contributed by atoms with Crippen molar-refractivity contribution in [3.63, 3.8) is 0 Å². The van der Waals surface area contributed by atoms with Crippen LogP contribution in [0.1, 0.15) is 29.5 Å². The predicted molar refractivity (Wildman–Crippen MR) is 115 cm³/mol. The number of phenolic OH excluding ortho intramolecular Hbond substituents is 1. The maximum Gasteiger partial charge on any atom is 0.243 e. The van der Waals surface area contributed by atoms with Crippen molar-refractivity contribution in [2.24, 2.45) is 17.2 Å². The molecule has 1 rings (SSSR count). The van der Waals surface area contributed by atoms with Crippen LogP contribution in [-0.2, 0) is 25.6 Å². The van der Waals surface area contributed by atoms with E-state index in [9.17, 15) is 24.3 Å². The second-order valence-electron chi connectivity index (χ2n) is 7.26. The Kier molecular flexibility index (Phi) is 10.4. The smallest absolute Gasteiger partial charge is 0.243 e. The van der Waals surface area contributed by atoms with Gasteiger partial charge < -0.3 is 38.3 Å². The number of nitrogens with one attached hydrogen (secondary N) is 3. The Morgan fingerprint density at radius 3 is 2.13 bits per heavy atom. The highest BCUT2D eigenvalue weighted by Gasteiger charge is 2.27. The van der Waals surface area contributed by atoms with E-state index < -0.39 is 35.7 Å². The Morgan fingerprint density at radius 1 is 1.00 bits per heavy atom. The van der Waals surface area contributed by atoms with Crippen LogP contribution in [0, 0.1) is 13.8 Å². The molecular weight excluding hydrogens is 404 g/mol. The fraction of sp³-hybridized carbons (Fsp3) is 0.500. The molecule has 1 unspecified atom stereocenters. The Bertz CT molecular complexity index is 790. The number of nitrogens with two attached hydrogens (primary N) is 3. The van der Waals surface area contributed by atoms with Crippen LogP contribution in [0.25, 0.3) is 0 Å². The molecule has 11 heteroatoms. The molecule has 31 heavy (non-hydrogen) atoms. The minimum atomic E-state index is -1.01. The van der Waals surface area contributed by atoms with E-state index in [4.69, 9.17) is 17.2 Å². The third-order valence-corrected chi connectivity index (χ3v) is 4.69. The summed E-state index contributed by atoms with van der Waals surface area (Å²) in [6, 6.07) is 1.14. The van der Waals surface area contributed by atoms with E-state index in [2.05, 4.69) is 16.0 Å². The van der Waals surface area contributed by atoms with Gasteiger partial charge in [-0.25, -0.2) is 0 Å². The minimum absolute atomic E-state index is 0.0960. The van der Waals surface area contributed by atoms with Crippen molar-refractivity contribution in [3.05, 3.63) is 28.8 Å². The largest absolute Gasteiger partial charge is 0.508 e. The van der Waals surface area contributed by atoms with Gasteiger partial charge in [0.25, 0.3) is 0 Å². The molecule has 0 bridgehead atoms. The Labute approximate surface area is 181 Å². The number of carbonyl (C=O) groups excluding carboxylic acids is 4. The van der Waals surface area contributed by atoms with Crippen molar-refractivity contribution in [1.82, 2.24) is 16.0 Å². The van der Waals surface area contributed by atoms with Crippen LogP contribution in [0.4, 0.5) is 0 Å².